The maximum Gasteiger partial charge on any atom is 0.256 e. The van der Waals surface area contributed by atoms with Crippen LogP contribution in [0.1, 0.15) is 24.5 Å². The van der Waals surface area contributed by atoms with Crippen molar-refractivity contribution >= 4 is 0 Å². The Kier molecular flexibility index (Phi) is 5.22. The summed E-state index contributed by atoms with van der Waals surface area (Å²) in [7, 11) is 0. The number of nitrogens with zero attached hydrogens (tertiary/aromatic N) is 1. The average molecular weight is 292 g/mol. The van der Waals surface area contributed by atoms with E-state index in [4.69, 9.17) is 4.74 Å². The van der Waals surface area contributed by atoms with E-state index in [1.807, 2.05) is 6.92 Å². The molecule has 0 saturated carbocycles. The fourth-order valence-electron chi connectivity index (χ4n) is 1.86. The number of benzene rings is 1. The molecule has 0 saturated heterocycles. The minimum atomic E-state index is -0.568. The van der Waals surface area contributed by atoms with Crippen molar-refractivity contribution in [3.63, 3.8) is 0 Å². The van der Waals surface area contributed by atoms with E-state index in [2.05, 4.69) is 10.3 Å². The lowest BCUT2D eigenvalue weighted by Gasteiger charge is -2.10. The van der Waals surface area contributed by atoms with Gasteiger partial charge in [0.05, 0.1) is 0 Å². The van der Waals surface area contributed by atoms with Gasteiger partial charge in [0.25, 0.3) is 5.88 Å². The molecule has 0 unspecified atom stereocenters. The fraction of sp³-hybridized carbons (Fsp3) is 0.312. The van der Waals surface area contributed by atoms with Crippen LogP contribution in [0.3, 0.4) is 0 Å². The quantitative estimate of drug-likeness (QED) is 0.818. The zero-order valence-corrected chi connectivity index (χ0v) is 12.1. The van der Waals surface area contributed by atoms with Gasteiger partial charge in [-0.15, -0.1) is 0 Å². The molecule has 1 N–H and O–H groups in total. The highest BCUT2D eigenvalue weighted by atomic mass is 19.1. The van der Waals surface area contributed by atoms with Crippen LogP contribution in [0.15, 0.2) is 30.5 Å². The number of hydrogen-bond donors (Lipinski definition) is 1. The molecule has 5 heteroatoms. The highest BCUT2D eigenvalue weighted by molar-refractivity contribution is 5.34. The lowest BCUT2D eigenvalue weighted by molar-refractivity contribution is 0.394. The van der Waals surface area contributed by atoms with Gasteiger partial charge in [-0.2, -0.15) is 0 Å². The third-order valence-corrected chi connectivity index (χ3v) is 2.97. The number of rotatable bonds is 6. The molecule has 21 heavy (non-hydrogen) atoms. The van der Waals surface area contributed by atoms with Crippen LogP contribution in [0.25, 0.3) is 0 Å². The molecule has 0 bridgehead atoms. The maximum absolute atomic E-state index is 14.3. The van der Waals surface area contributed by atoms with E-state index in [0.717, 1.165) is 18.5 Å². The highest BCUT2D eigenvalue weighted by Crippen LogP contribution is 2.27. The summed E-state index contributed by atoms with van der Waals surface area (Å²) in [5.41, 5.74) is 1.27. The van der Waals surface area contributed by atoms with E-state index in [1.165, 1.54) is 18.3 Å². The van der Waals surface area contributed by atoms with Gasteiger partial charge in [-0.1, -0.05) is 13.0 Å². The first-order valence-electron chi connectivity index (χ1n) is 6.90. The predicted octanol–water partition coefficient (Wildman–Crippen LogP) is 3.96. The normalized spacial score (nSPS) is 10.7. The molecule has 0 aliphatic carbocycles. The van der Waals surface area contributed by atoms with Gasteiger partial charge < -0.3 is 10.1 Å². The van der Waals surface area contributed by atoms with Crippen molar-refractivity contribution in [2.45, 2.75) is 26.8 Å². The molecule has 1 aromatic heterocycles. The smallest absolute Gasteiger partial charge is 0.256 e. The summed E-state index contributed by atoms with van der Waals surface area (Å²) in [5.74, 6) is -1.35. The van der Waals surface area contributed by atoms with Crippen LogP contribution in [0, 0.1) is 18.6 Å². The Morgan fingerprint density at radius 1 is 1.24 bits per heavy atom. The van der Waals surface area contributed by atoms with Gasteiger partial charge in [0.2, 0.25) is 0 Å². The minimum absolute atomic E-state index is 0.0277. The Labute approximate surface area is 123 Å². The predicted molar refractivity (Wildman–Crippen MR) is 77.4 cm³/mol. The third-order valence-electron chi connectivity index (χ3n) is 2.97. The summed E-state index contributed by atoms with van der Waals surface area (Å²) >= 11 is 0. The van der Waals surface area contributed by atoms with Crippen molar-refractivity contribution < 1.29 is 13.5 Å². The monoisotopic (exact) mass is 292 g/mol. The number of hydrogen-bond acceptors (Lipinski definition) is 3. The largest absolute Gasteiger partial charge is 0.433 e. The molecule has 0 spiro atoms. The number of nitrogens with one attached hydrogen (secondary N) is 1. The zero-order valence-electron chi connectivity index (χ0n) is 12.1. The van der Waals surface area contributed by atoms with Gasteiger partial charge in [-0.05, 0) is 43.7 Å². The van der Waals surface area contributed by atoms with Crippen LogP contribution in [-0.4, -0.2) is 11.5 Å². The van der Waals surface area contributed by atoms with E-state index in [9.17, 15) is 8.78 Å². The Balaban J connectivity index is 2.20. The number of halogens is 2. The van der Waals surface area contributed by atoms with Gasteiger partial charge in [0.15, 0.2) is 17.4 Å². The first-order chi connectivity index (χ1) is 10.1. The molecule has 0 atom stereocenters. The number of aryl methyl sites for hydroxylation is 1. The van der Waals surface area contributed by atoms with E-state index in [0.29, 0.717) is 12.1 Å². The minimum Gasteiger partial charge on any atom is -0.433 e. The summed E-state index contributed by atoms with van der Waals surface area (Å²) in [6, 6.07) is 6.00. The SMILES string of the molecule is CCCNCc1ccnc(Oc2cc(C)ccc2F)c1F. The fourth-order valence-corrected chi connectivity index (χ4v) is 1.86. The lowest BCUT2D eigenvalue weighted by atomic mass is 10.2. The molecular formula is C16H18F2N2O. The van der Waals surface area contributed by atoms with E-state index < -0.39 is 11.6 Å². The van der Waals surface area contributed by atoms with Gasteiger partial charge in [0, 0.05) is 18.3 Å². The van der Waals surface area contributed by atoms with Crippen molar-refractivity contribution in [1.82, 2.24) is 10.3 Å². The summed E-state index contributed by atoms with van der Waals surface area (Å²) in [6.45, 7) is 5.02. The van der Waals surface area contributed by atoms with Crippen molar-refractivity contribution in [2.24, 2.45) is 0 Å². The van der Waals surface area contributed by atoms with E-state index in [-0.39, 0.29) is 11.6 Å². The van der Waals surface area contributed by atoms with Gasteiger partial charge >= 0.3 is 0 Å². The second kappa shape index (κ2) is 7.13. The van der Waals surface area contributed by atoms with Gasteiger partial charge in [-0.25, -0.2) is 13.8 Å². The molecule has 0 fully saturated rings. The number of aromatic nitrogens is 1. The van der Waals surface area contributed by atoms with Crippen LogP contribution in [-0.2, 0) is 6.54 Å². The molecule has 112 valence electrons. The summed E-state index contributed by atoms with van der Waals surface area (Å²) in [4.78, 5) is 3.84. The van der Waals surface area contributed by atoms with Crippen LogP contribution < -0.4 is 10.1 Å². The molecule has 1 heterocycles. The lowest BCUT2D eigenvalue weighted by Crippen LogP contribution is -2.15. The number of pyridine rings is 1. The Hall–Kier alpha value is -2.01. The molecule has 0 amide bonds. The van der Waals surface area contributed by atoms with Crippen LogP contribution in [0.5, 0.6) is 11.6 Å². The molecule has 2 aromatic rings. The standard InChI is InChI=1S/C16H18F2N2O/c1-3-7-19-10-12-6-8-20-16(15(12)18)21-14-9-11(2)4-5-13(14)17/h4-6,8-9,19H,3,7,10H2,1-2H3. The Morgan fingerprint density at radius 3 is 2.81 bits per heavy atom. The molecule has 0 aliphatic rings. The Morgan fingerprint density at radius 2 is 2.05 bits per heavy atom. The second-order valence-electron chi connectivity index (χ2n) is 4.80. The topological polar surface area (TPSA) is 34.2 Å². The summed E-state index contributed by atoms with van der Waals surface area (Å²) in [6.07, 6.45) is 2.42. The molecule has 0 radical (unpaired) electrons. The van der Waals surface area contributed by atoms with Crippen LogP contribution in [0.4, 0.5) is 8.78 Å². The second-order valence-corrected chi connectivity index (χ2v) is 4.80. The van der Waals surface area contributed by atoms with Crippen molar-refractivity contribution in [3.8, 4) is 11.6 Å². The van der Waals surface area contributed by atoms with Gasteiger partial charge in [-0.3, -0.25) is 0 Å². The Bertz CT molecular complexity index is 617. The van der Waals surface area contributed by atoms with Crippen molar-refractivity contribution in [2.75, 3.05) is 6.54 Å². The molecule has 3 nitrogen and oxygen atoms in total. The first-order valence-corrected chi connectivity index (χ1v) is 6.90. The highest BCUT2D eigenvalue weighted by Gasteiger charge is 2.13. The summed E-state index contributed by atoms with van der Waals surface area (Å²) in [5, 5.41) is 3.11. The van der Waals surface area contributed by atoms with Crippen LogP contribution >= 0.6 is 0 Å². The zero-order chi connectivity index (χ0) is 15.2. The van der Waals surface area contributed by atoms with Crippen molar-refractivity contribution in [3.05, 3.63) is 53.2 Å². The van der Waals surface area contributed by atoms with E-state index in [1.54, 1.807) is 19.1 Å². The third kappa shape index (κ3) is 3.98. The summed E-state index contributed by atoms with van der Waals surface area (Å²) < 4.78 is 33.2. The van der Waals surface area contributed by atoms with Crippen LogP contribution in [0.2, 0.25) is 0 Å². The van der Waals surface area contributed by atoms with Gasteiger partial charge in [0.1, 0.15) is 0 Å². The molecule has 0 aliphatic heterocycles. The van der Waals surface area contributed by atoms with Crippen molar-refractivity contribution in [1.29, 1.82) is 0 Å². The maximum atomic E-state index is 14.3. The first kappa shape index (κ1) is 15.4. The molecular weight excluding hydrogens is 274 g/mol. The molecule has 1 aromatic carbocycles. The van der Waals surface area contributed by atoms with E-state index >= 15 is 0 Å². The molecule has 2 rings (SSSR count). The average Bonchev–Trinajstić information content (AvgIpc) is 2.47. The number of ether oxygens (including phenoxy) is 1.